The van der Waals surface area contributed by atoms with E-state index >= 15 is 0 Å². The van der Waals surface area contributed by atoms with E-state index < -0.39 is 0 Å². The Morgan fingerprint density at radius 3 is 3.18 bits per heavy atom. The molecule has 0 aromatic heterocycles. The Bertz CT molecular complexity index is 392. The number of carbonyl (C=O) groups is 1. The third-order valence-corrected chi connectivity index (χ3v) is 3.76. The maximum Gasteiger partial charge on any atom is 0.174 e. The zero-order chi connectivity index (χ0) is 12.1. The predicted molar refractivity (Wildman–Crippen MR) is 67.7 cm³/mol. The quantitative estimate of drug-likeness (QED) is 0.754. The van der Waals surface area contributed by atoms with Crippen LogP contribution < -0.4 is 4.74 Å². The number of ether oxygens (including phenoxy) is 2. The first kappa shape index (κ1) is 12.5. The van der Waals surface area contributed by atoms with Crippen molar-refractivity contribution in [1.82, 2.24) is 0 Å². The van der Waals surface area contributed by atoms with Crippen LogP contribution in [0.25, 0.3) is 0 Å². The number of ketones is 1. The molecule has 1 aliphatic heterocycles. The first-order chi connectivity index (χ1) is 8.31. The third-order valence-electron chi connectivity index (χ3n) is 2.64. The largest absolute Gasteiger partial charge is 0.481 e. The average Bonchev–Trinajstić information content (AvgIpc) is 2.38. The summed E-state index contributed by atoms with van der Waals surface area (Å²) in [5.74, 6) is 1.71. The van der Waals surface area contributed by atoms with Crippen LogP contribution in [0.5, 0.6) is 5.75 Å². The summed E-state index contributed by atoms with van der Waals surface area (Å²) >= 11 is 1.69. The van der Waals surface area contributed by atoms with Crippen molar-refractivity contribution in [1.29, 1.82) is 0 Å². The van der Waals surface area contributed by atoms with Gasteiger partial charge in [0.2, 0.25) is 0 Å². The second-order valence-corrected chi connectivity index (χ2v) is 4.99. The Kier molecular flexibility index (Phi) is 4.45. The van der Waals surface area contributed by atoms with Gasteiger partial charge in [0.05, 0.1) is 0 Å². The van der Waals surface area contributed by atoms with Crippen LogP contribution in [-0.2, 0) is 9.53 Å². The Labute approximate surface area is 105 Å². The highest BCUT2D eigenvalue weighted by atomic mass is 32.2. The molecule has 1 heterocycles. The van der Waals surface area contributed by atoms with Gasteiger partial charge in [0.1, 0.15) is 5.75 Å². The van der Waals surface area contributed by atoms with Crippen LogP contribution in [0.2, 0.25) is 0 Å². The van der Waals surface area contributed by atoms with Gasteiger partial charge < -0.3 is 9.47 Å². The molecule has 2 rings (SSSR count). The van der Waals surface area contributed by atoms with Gasteiger partial charge in [-0.3, -0.25) is 4.79 Å². The van der Waals surface area contributed by atoms with Crippen molar-refractivity contribution in [2.45, 2.75) is 23.8 Å². The molecule has 0 saturated carbocycles. The van der Waals surface area contributed by atoms with Crippen molar-refractivity contribution in [2.24, 2.45) is 0 Å². The molecule has 1 atom stereocenters. The van der Waals surface area contributed by atoms with E-state index in [9.17, 15) is 4.79 Å². The number of rotatable bonds is 5. The van der Waals surface area contributed by atoms with E-state index in [-0.39, 0.29) is 11.9 Å². The first-order valence-corrected chi connectivity index (χ1v) is 6.70. The van der Waals surface area contributed by atoms with Crippen molar-refractivity contribution in [3.05, 3.63) is 24.3 Å². The van der Waals surface area contributed by atoms with Crippen molar-refractivity contribution in [3.8, 4) is 5.75 Å². The Balaban J connectivity index is 1.91. The Morgan fingerprint density at radius 2 is 2.35 bits per heavy atom. The van der Waals surface area contributed by atoms with Crippen LogP contribution in [0.15, 0.2) is 29.2 Å². The third kappa shape index (κ3) is 3.23. The summed E-state index contributed by atoms with van der Waals surface area (Å²) in [5.41, 5.74) is 0. The van der Waals surface area contributed by atoms with Gasteiger partial charge in [0.15, 0.2) is 11.9 Å². The summed E-state index contributed by atoms with van der Waals surface area (Å²) in [4.78, 5) is 13.0. The predicted octanol–water partition coefficient (Wildman–Crippen LogP) is 2.54. The van der Waals surface area contributed by atoms with Gasteiger partial charge in [-0.2, -0.15) is 0 Å². The normalized spacial score (nSPS) is 18.3. The van der Waals surface area contributed by atoms with Crippen molar-refractivity contribution in [2.75, 3.05) is 19.5 Å². The fraction of sp³-hybridized carbons (Fsp3) is 0.462. The second kappa shape index (κ2) is 6.07. The van der Waals surface area contributed by atoms with Crippen molar-refractivity contribution >= 4 is 17.5 Å². The summed E-state index contributed by atoms with van der Waals surface area (Å²) in [6.45, 7) is 0.627. The molecule has 0 bridgehead atoms. The first-order valence-electron chi connectivity index (χ1n) is 5.71. The molecule has 0 spiro atoms. The van der Waals surface area contributed by atoms with Gasteiger partial charge >= 0.3 is 0 Å². The molecule has 0 N–H and O–H groups in total. The molecule has 17 heavy (non-hydrogen) atoms. The molecule has 0 aliphatic carbocycles. The summed E-state index contributed by atoms with van der Waals surface area (Å²) in [5, 5.41) is 0. The van der Waals surface area contributed by atoms with Crippen LogP contribution >= 0.6 is 11.8 Å². The zero-order valence-corrected chi connectivity index (χ0v) is 10.7. The number of para-hydroxylation sites is 1. The van der Waals surface area contributed by atoms with Gasteiger partial charge in [-0.05, 0) is 18.6 Å². The number of benzene rings is 1. The minimum atomic E-state index is -0.299. The van der Waals surface area contributed by atoms with E-state index in [2.05, 4.69) is 0 Å². The van der Waals surface area contributed by atoms with Gasteiger partial charge in [-0.25, -0.2) is 0 Å². The smallest absolute Gasteiger partial charge is 0.174 e. The van der Waals surface area contributed by atoms with Gasteiger partial charge in [-0.1, -0.05) is 12.1 Å². The highest BCUT2D eigenvalue weighted by molar-refractivity contribution is 7.99. The number of thioether (sulfide) groups is 1. The van der Waals surface area contributed by atoms with Crippen molar-refractivity contribution < 1.29 is 14.3 Å². The van der Waals surface area contributed by atoms with Crippen LogP contribution in [0.4, 0.5) is 0 Å². The van der Waals surface area contributed by atoms with Crippen molar-refractivity contribution in [3.63, 3.8) is 0 Å². The summed E-state index contributed by atoms with van der Waals surface area (Å²) in [7, 11) is 1.65. The van der Waals surface area contributed by atoms with Gasteiger partial charge in [-0.15, -0.1) is 11.8 Å². The summed E-state index contributed by atoms with van der Waals surface area (Å²) in [6, 6.07) is 7.84. The molecular formula is C13H16O3S. The van der Waals surface area contributed by atoms with Crippen LogP contribution in [0.1, 0.15) is 12.8 Å². The van der Waals surface area contributed by atoms with Crippen LogP contribution in [0, 0.1) is 0 Å². The molecule has 92 valence electrons. The Hall–Kier alpha value is -1.00. The number of hydrogen-bond donors (Lipinski definition) is 0. The monoisotopic (exact) mass is 252 g/mol. The molecule has 1 aliphatic rings. The standard InChI is InChI=1S/C13H16O3S/c1-15-8-4-5-10(14)12-9-17-13-7-3-2-6-11(13)16-12/h2-3,6-7,12H,4-5,8-9H2,1H3. The van der Waals surface area contributed by atoms with E-state index in [1.165, 1.54) is 0 Å². The van der Waals surface area contributed by atoms with Crippen LogP contribution in [0.3, 0.4) is 0 Å². The molecule has 0 amide bonds. The molecule has 3 nitrogen and oxygen atoms in total. The van der Waals surface area contributed by atoms with Gasteiger partial charge in [0.25, 0.3) is 0 Å². The topological polar surface area (TPSA) is 35.5 Å². The van der Waals surface area contributed by atoms with Gasteiger partial charge in [0, 0.05) is 30.8 Å². The number of fused-ring (bicyclic) bond motifs is 1. The second-order valence-electron chi connectivity index (χ2n) is 3.93. The van der Waals surface area contributed by atoms with E-state index in [1.807, 2.05) is 24.3 Å². The van der Waals surface area contributed by atoms with E-state index in [0.29, 0.717) is 18.8 Å². The molecule has 0 saturated heterocycles. The lowest BCUT2D eigenvalue weighted by molar-refractivity contribution is -0.125. The molecule has 4 heteroatoms. The molecule has 1 aromatic carbocycles. The van der Waals surface area contributed by atoms with E-state index in [4.69, 9.17) is 9.47 Å². The highest BCUT2D eigenvalue weighted by Gasteiger charge is 2.25. The number of hydrogen-bond acceptors (Lipinski definition) is 4. The number of Topliss-reactive ketones (excluding diaryl/α,β-unsaturated/α-hetero) is 1. The maximum absolute atomic E-state index is 11.9. The molecule has 0 fully saturated rings. The lowest BCUT2D eigenvalue weighted by Crippen LogP contribution is -2.32. The minimum absolute atomic E-state index is 0.170. The maximum atomic E-state index is 11.9. The molecular weight excluding hydrogens is 236 g/mol. The highest BCUT2D eigenvalue weighted by Crippen LogP contribution is 2.35. The Morgan fingerprint density at radius 1 is 1.53 bits per heavy atom. The fourth-order valence-corrected chi connectivity index (χ4v) is 2.75. The summed E-state index contributed by atoms with van der Waals surface area (Å²) in [6.07, 6.45) is 0.995. The lowest BCUT2D eigenvalue weighted by Gasteiger charge is -2.24. The molecule has 0 radical (unpaired) electrons. The fourth-order valence-electron chi connectivity index (χ4n) is 1.73. The SMILES string of the molecule is COCCCC(=O)C1CSc2ccccc2O1. The lowest BCUT2D eigenvalue weighted by atomic mass is 10.1. The molecule has 1 aromatic rings. The van der Waals surface area contributed by atoms with Crippen LogP contribution in [-0.4, -0.2) is 31.4 Å². The van der Waals surface area contributed by atoms with E-state index in [1.54, 1.807) is 18.9 Å². The zero-order valence-electron chi connectivity index (χ0n) is 9.85. The average molecular weight is 252 g/mol. The van der Waals surface area contributed by atoms with E-state index in [0.717, 1.165) is 17.1 Å². The number of methoxy groups -OCH3 is 1. The molecule has 1 unspecified atom stereocenters. The minimum Gasteiger partial charge on any atom is -0.481 e. The summed E-state index contributed by atoms with van der Waals surface area (Å²) < 4.78 is 10.7. The number of carbonyl (C=O) groups excluding carboxylic acids is 1.